The van der Waals surface area contributed by atoms with Gasteiger partial charge in [0, 0.05) is 25.6 Å². The zero-order valence-electron chi connectivity index (χ0n) is 19.2. The Morgan fingerprint density at radius 1 is 1.29 bits per heavy atom. The summed E-state index contributed by atoms with van der Waals surface area (Å²) < 4.78 is 34.9. The molecule has 31 heavy (non-hydrogen) atoms. The summed E-state index contributed by atoms with van der Waals surface area (Å²) >= 11 is 0.126. The van der Waals surface area contributed by atoms with Gasteiger partial charge >= 0.3 is 0 Å². The van der Waals surface area contributed by atoms with Crippen LogP contribution in [0.3, 0.4) is 0 Å². The van der Waals surface area contributed by atoms with Crippen LogP contribution >= 0.6 is 12.3 Å². The molecule has 0 radical (unpaired) electrons. The van der Waals surface area contributed by atoms with Crippen LogP contribution in [0.1, 0.15) is 44.1 Å². The van der Waals surface area contributed by atoms with Crippen molar-refractivity contribution in [2.24, 2.45) is 17.4 Å². The fourth-order valence-electron chi connectivity index (χ4n) is 3.57. The van der Waals surface area contributed by atoms with Crippen LogP contribution in [0.25, 0.3) is 0 Å². The Hall–Kier alpha value is -1.61. The van der Waals surface area contributed by atoms with Crippen LogP contribution < -0.4 is 16.2 Å². The molecule has 0 heterocycles. The van der Waals surface area contributed by atoms with Crippen LogP contribution in [0, 0.1) is 11.7 Å². The Morgan fingerprint density at radius 2 is 1.90 bits per heavy atom. The van der Waals surface area contributed by atoms with E-state index in [1.54, 1.807) is 12.1 Å². The summed E-state index contributed by atoms with van der Waals surface area (Å²) in [6.45, 7) is 12.9. The second kappa shape index (κ2) is 17.0. The topological polar surface area (TPSA) is 76.5 Å². The molecule has 0 amide bonds. The fourth-order valence-corrected chi connectivity index (χ4v) is 3.91. The first kappa shape index (κ1) is 29.4. The van der Waals surface area contributed by atoms with Crippen molar-refractivity contribution >= 4 is 12.3 Å². The maximum atomic E-state index is 13.4. The molecule has 0 spiro atoms. The van der Waals surface area contributed by atoms with Crippen molar-refractivity contribution in [2.75, 3.05) is 27.2 Å². The van der Waals surface area contributed by atoms with Crippen LogP contribution in [-0.4, -0.2) is 44.3 Å². The lowest BCUT2D eigenvalue weighted by molar-refractivity contribution is -0.00368. The number of halogens is 2. The fraction of sp³-hybridized carbons (Fsp3) is 0.565. The van der Waals surface area contributed by atoms with Crippen molar-refractivity contribution in [3.05, 3.63) is 61.2 Å². The average molecular weight is 459 g/mol. The average Bonchev–Trinajstić information content (AvgIpc) is 2.79. The highest BCUT2D eigenvalue weighted by Crippen LogP contribution is 2.34. The maximum absolute atomic E-state index is 13.4. The number of hydrogen-bond acceptors (Lipinski definition) is 6. The molecule has 178 valence electrons. The molecule has 1 aliphatic carbocycles. The number of ether oxygens (including phenoxy) is 1. The molecule has 0 bridgehead atoms. The van der Waals surface area contributed by atoms with Gasteiger partial charge in [-0.3, -0.25) is 0 Å². The van der Waals surface area contributed by atoms with Gasteiger partial charge in [-0.2, -0.15) is 0 Å². The number of hydrogen-bond donors (Lipinski definition) is 3. The van der Waals surface area contributed by atoms with E-state index >= 15 is 0 Å². The molecular formula is C23H40F2N4OS. The predicted octanol–water partition coefficient (Wildman–Crippen LogP) is 4.73. The van der Waals surface area contributed by atoms with E-state index in [9.17, 15) is 8.28 Å². The summed E-state index contributed by atoms with van der Waals surface area (Å²) in [5, 5.41) is 0. The molecule has 1 aromatic carbocycles. The van der Waals surface area contributed by atoms with Gasteiger partial charge in [0.05, 0.1) is 18.5 Å². The van der Waals surface area contributed by atoms with E-state index in [0.29, 0.717) is 24.9 Å². The molecule has 5 nitrogen and oxygen atoms in total. The minimum absolute atomic E-state index is 0.0644. The van der Waals surface area contributed by atoms with E-state index < -0.39 is 0 Å². The van der Waals surface area contributed by atoms with Crippen molar-refractivity contribution in [3.8, 4) is 0 Å². The van der Waals surface area contributed by atoms with Gasteiger partial charge in [-0.1, -0.05) is 18.7 Å². The third-order valence-electron chi connectivity index (χ3n) is 5.48. The second-order valence-electron chi connectivity index (χ2n) is 7.48. The first-order chi connectivity index (χ1) is 14.9. The summed E-state index contributed by atoms with van der Waals surface area (Å²) in [7, 11) is 3.37. The van der Waals surface area contributed by atoms with Crippen molar-refractivity contribution in [1.82, 2.24) is 9.62 Å². The third kappa shape index (κ3) is 11.0. The standard InChI is InChI=1S/C20H31F2N3OS.C2H4.CH5N/c1-14(24-27-22)18(12-25(3)15(2)23)13-26-20-9-7-16(8-10-20)17-5-4-6-19(21)11-17;2*1-2/h4-6,11,14,16,18,20,24H,2,7-10,12-13,23H2,1,3H3;1-2H2;2H2,1H3. The molecule has 2 rings (SSSR count). The monoisotopic (exact) mass is 458 g/mol. The smallest absolute Gasteiger partial charge is 0.131 e. The molecule has 1 fully saturated rings. The number of nitrogens with two attached hydrogens (primary N) is 2. The predicted molar refractivity (Wildman–Crippen MR) is 129 cm³/mol. The molecule has 1 aliphatic rings. The Labute approximate surface area is 191 Å². The zero-order valence-corrected chi connectivity index (χ0v) is 20.0. The van der Waals surface area contributed by atoms with E-state index in [1.807, 2.05) is 24.9 Å². The van der Waals surface area contributed by atoms with Crippen molar-refractivity contribution < 1.29 is 13.0 Å². The van der Waals surface area contributed by atoms with Crippen molar-refractivity contribution in [2.45, 2.75) is 50.7 Å². The van der Waals surface area contributed by atoms with Crippen LogP contribution in [0.15, 0.2) is 49.8 Å². The Morgan fingerprint density at radius 3 is 2.42 bits per heavy atom. The van der Waals surface area contributed by atoms with E-state index in [4.69, 9.17) is 10.5 Å². The summed E-state index contributed by atoms with van der Waals surface area (Å²) in [5.41, 5.74) is 11.3. The van der Waals surface area contributed by atoms with Crippen LogP contribution in [0.2, 0.25) is 0 Å². The summed E-state index contributed by atoms with van der Waals surface area (Å²) in [6, 6.07) is 6.83. The summed E-state index contributed by atoms with van der Waals surface area (Å²) in [4.78, 5) is 1.86. The van der Waals surface area contributed by atoms with Gasteiger partial charge in [-0.15, -0.1) is 17.0 Å². The normalized spacial score (nSPS) is 19.7. The third-order valence-corrected chi connectivity index (χ3v) is 5.94. The largest absolute Gasteiger partial charge is 0.386 e. The van der Waals surface area contributed by atoms with Crippen LogP contribution in [0.5, 0.6) is 0 Å². The van der Waals surface area contributed by atoms with Gasteiger partial charge in [0.15, 0.2) is 0 Å². The van der Waals surface area contributed by atoms with Crippen LogP contribution in [-0.2, 0) is 4.74 Å². The van der Waals surface area contributed by atoms with Crippen LogP contribution in [0.4, 0.5) is 8.28 Å². The highest BCUT2D eigenvalue weighted by molar-refractivity contribution is 7.92. The summed E-state index contributed by atoms with van der Waals surface area (Å²) in [5.74, 6) is 0.785. The minimum atomic E-state index is -0.174. The molecule has 5 N–H and O–H groups in total. The molecule has 0 aliphatic heterocycles. The lowest BCUT2D eigenvalue weighted by Gasteiger charge is -2.33. The number of rotatable bonds is 10. The maximum Gasteiger partial charge on any atom is 0.131 e. The molecule has 2 atom stereocenters. The molecule has 2 unspecified atom stereocenters. The first-order valence-electron chi connectivity index (χ1n) is 10.5. The quantitative estimate of drug-likeness (QED) is 0.347. The Bertz CT molecular complexity index is 615. The van der Waals surface area contributed by atoms with Gasteiger partial charge in [0.2, 0.25) is 0 Å². The number of nitrogens with one attached hydrogen (secondary N) is 1. The number of nitrogens with zero attached hydrogens (tertiary/aromatic N) is 1. The SMILES string of the molecule is C=C.C=C(N)N(C)CC(COC1CCC(c2cccc(F)c2)CC1)C(C)NSF.CN. The Kier molecular flexibility index (Phi) is 16.1. The van der Waals surface area contributed by atoms with Crippen molar-refractivity contribution in [3.63, 3.8) is 0 Å². The van der Waals surface area contributed by atoms with Gasteiger partial charge in [0.25, 0.3) is 0 Å². The second-order valence-corrected chi connectivity index (χ2v) is 7.87. The summed E-state index contributed by atoms with van der Waals surface area (Å²) in [6.07, 6.45) is 4.08. The van der Waals surface area contributed by atoms with Gasteiger partial charge in [0.1, 0.15) is 18.2 Å². The molecular weight excluding hydrogens is 418 g/mol. The molecule has 8 heteroatoms. The molecule has 1 aromatic rings. The molecule has 0 saturated heterocycles. The Balaban J connectivity index is 0.00000212. The zero-order chi connectivity index (χ0) is 23.8. The lowest BCUT2D eigenvalue weighted by atomic mass is 9.82. The first-order valence-corrected chi connectivity index (χ1v) is 11.3. The number of benzene rings is 1. The van der Waals surface area contributed by atoms with Gasteiger partial charge < -0.3 is 21.1 Å². The van der Waals surface area contributed by atoms with E-state index in [-0.39, 0.29) is 36.2 Å². The van der Waals surface area contributed by atoms with E-state index in [0.717, 1.165) is 31.2 Å². The molecule has 0 aromatic heterocycles. The van der Waals surface area contributed by atoms with Gasteiger partial charge in [-0.25, -0.2) is 9.11 Å². The molecule has 1 saturated carbocycles. The highest BCUT2D eigenvalue weighted by Gasteiger charge is 2.26. The van der Waals surface area contributed by atoms with Gasteiger partial charge in [-0.05, 0) is 63.3 Å². The minimum Gasteiger partial charge on any atom is -0.386 e. The van der Waals surface area contributed by atoms with Crippen molar-refractivity contribution in [1.29, 1.82) is 0 Å². The van der Waals surface area contributed by atoms with E-state index in [1.165, 1.54) is 13.1 Å². The highest BCUT2D eigenvalue weighted by atomic mass is 32.2. The van der Waals surface area contributed by atoms with E-state index in [2.05, 4.69) is 30.2 Å². The lowest BCUT2D eigenvalue weighted by Crippen LogP contribution is -2.41.